The van der Waals surface area contributed by atoms with Crippen LogP contribution in [0.2, 0.25) is 0 Å². The Morgan fingerprint density at radius 3 is 2.12 bits per heavy atom. The lowest BCUT2D eigenvalue weighted by atomic mass is 10.0. The first-order valence-corrected chi connectivity index (χ1v) is 5.46. The van der Waals surface area contributed by atoms with Crippen LogP contribution in [-0.2, 0) is 14.4 Å². The van der Waals surface area contributed by atoms with Crippen molar-refractivity contribution in [3.8, 4) is 0 Å². The molecular formula is C11H20N2O4. The van der Waals surface area contributed by atoms with Crippen molar-refractivity contribution in [2.75, 3.05) is 14.1 Å². The highest BCUT2D eigenvalue weighted by atomic mass is 16.4. The van der Waals surface area contributed by atoms with Gasteiger partial charge in [-0.25, -0.2) is 0 Å². The molecule has 0 fully saturated rings. The number of hydrogen-bond donors (Lipinski definition) is 2. The van der Waals surface area contributed by atoms with Gasteiger partial charge in [0, 0.05) is 26.9 Å². The number of likely N-dealkylation sites (N-methyl/N-ethyl adjacent to an activating group) is 1. The molecular weight excluding hydrogens is 224 g/mol. The molecule has 0 spiro atoms. The smallest absolute Gasteiger partial charge is 0.303 e. The van der Waals surface area contributed by atoms with Crippen molar-refractivity contribution in [2.45, 2.75) is 32.7 Å². The highest BCUT2D eigenvalue weighted by Gasteiger charge is 2.19. The van der Waals surface area contributed by atoms with Crippen LogP contribution in [0.5, 0.6) is 0 Å². The van der Waals surface area contributed by atoms with E-state index in [0.29, 0.717) is 0 Å². The zero-order chi connectivity index (χ0) is 13.6. The molecule has 0 aliphatic carbocycles. The number of nitrogens with one attached hydrogen (secondary N) is 1. The van der Waals surface area contributed by atoms with Crippen molar-refractivity contribution in [1.29, 1.82) is 0 Å². The average molecular weight is 244 g/mol. The Hall–Kier alpha value is -1.59. The maximum atomic E-state index is 11.5. The maximum absolute atomic E-state index is 11.5. The van der Waals surface area contributed by atoms with E-state index in [2.05, 4.69) is 5.32 Å². The van der Waals surface area contributed by atoms with Gasteiger partial charge in [-0.15, -0.1) is 0 Å². The van der Waals surface area contributed by atoms with Gasteiger partial charge in [-0.1, -0.05) is 6.92 Å². The minimum absolute atomic E-state index is 0.0522. The summed E-state index contributed by atoms with van der Waals surface area (Å²) >= 11 is 0. The van der Waals surface area contributed by atoms with Gasteiger partial charge in [0.15, 0.2) is 0 Å². The molecule has 6 heteroatoms. The van der Waals surface area contributed by atoms with E-state index >= 15 is 0 Å². The highest BCUT2D eigenvalue weighted by molar-refractivity contribution is 5.87. The summed E-state index contributed by atoms with van der Waals surface area (Å²) in [5, 5.41) is 11.1. The van der Waals surface area contributed by atoms with E-state index in [1.807, 2.05) is 0 Å². The molecule has 0 aliphatic heterocycles. The Labute approximate surface area is 101 Å². The molecule has 0 bridgehead atoms. The average Bonchev–Trinajstić information content (AvgIpc) is 2.13. The quantitative estimate of drug-likeness (QED) is 0.692. The zero-order valence-electron chi connectivity index (χ0n) is 10.7. The molecule has 0 rings (SSSR count). The normalized spacial score (nSPS) is 13.6. The lowest BCUT2D eigenvalue weighted by molar-refractivity contribution is -0.138. The van der Waals surface area contributed by atoms with E-state index in [-0.39, 0.29) is 30.6 Å². The Bertz CT molecular complexity index is 302. The topological polar surface area (TPSA) is 86.7 Å². The van der Waals surface area contributed by atoms with Crippen molar-refractivity contribution in [3.63, 3.8) is 0 Å². The van der Waals surface area contributed by atoms with Gasteiger partial charge in [-0.2, -0.15) is 0 Å². The molecule has 0 saturated carbocycles. The third kappa shape index (κ3) is 6.55. The highest BCUT2D eigenvalue weighted by Crippen LogP contribution is 2.07. The van der Waals surface area contributed by atoms with Crippen molar-refractivity contribution in [1.82, 2.24) is 10.2 Å². The summed E-state index contributed by atoms with van der Waals surface area (Å²) in [6.45, 7) is 3.29. The van der Waals surface area contributed by atoms with Crippen LogP contribution >= 0.6 is 0 Å². The third-order valence-corrected chi connectivity index (χ3v) is 2.25. The number of amides is 2. The molecule has 0 radical (unpaired) electrons. The standard InChI is InChI=1S/C11H20N2O4/c1-7(6-10(15)16)5-9(14)12-8(2)11(17)13(3)4/h7-8H,5-6H2,1-4H3,(H,12,14)(H,15,16). The van der Waals surface area contributed by atoms with Gasteiger partial charge in [-0.05, 0) is 12.8 Å². The Morgan fingerprint density at radius 2 is 1.71 bits per heavy atom. The molecule has 98 valence electrons. The third-order valence-electron chi connectivity index (χ3n) is 2.25. The van der Waals surface area contributed by atoms with E-state index in [1.54, 1.807) is 27.9 Å². The van der Waals surface area contributed by atoms with Crippen LogP contribution in [0, 0.1) is 5.92 Å². The summed E-state index contributed by atoms with van der Waals surface area (Å²) in [5.74, 6) is -1.66. The summed E-state index contributed by atoms with van der Waals surface area (Å²) in [5.41, 5.74) is 0. The summed E-state index contributed by atoms with van der Waals surface area (Å²) in [7, 11) is 3.22. The fourth-order valence-electron chi connectivity index (χ4n) is 1.44. The van der Waals surface area contributed by atoms with Gasteiger partial charge >= 0.3 is 5.97 Å². The minimum Gasteiger partial charge on any atom is -0.481 e. The van der Waals surface area contributed by atoms with Gasteiger partial charge < -0.3 is 15.3 Å². The molecule has 2 N–H and O–H groups in total. The molecule has 6 nitrogen and oxygen atoms in total. The predicted molar refractivity (Wildman–Crippen MR) is 62.3 cm³/mol. The fourth-order valence-corrected chi connectivity index (χ4v) is 1.44. The van der Waals surface area contributed by atoms with Crippen molar-refractivity contribution in [3.05, 3.63) is 0 Å². The zero-order valence-corrected chi connectivity index (χ0v) is 10.7. The lowest BCUT2D eigenvalue weighted by Gasteiger charge is -2.18. The number of carbonyl (C=O) groups is 3. The molecule has 0 heterocycles. The summed E-state index contributed by atoms with van der Waals surface area (Å²) in [6.07, 6.45) is 0.0563. The Morgan fingerprint density at radius 1 is 1.18 bits per heavy atom. The van der Waals surface area contributed by atoms with Crippen molar-refractivity contribution >= 4 is 17.8 Å². The molecule has 0 aliphatic rings. The molecule has 0 aromatic rings. The first kappa shape index (κ1) is 15.4. The molecule has 2 atom stereocenters. The largest absolute Gasteiger partial charge is 0.481 e. The molecule has 0 saturated heterocycles. The van der Waals surface area contributed by atoms with Crippen LogP contribution in [0.15, 0.2) is 0 Å². The number of carboxylic acids is 1. The second kappa shape index (κ2) is 6.88. The van der Waals surface area contributed by atoms with Gasteiger partial charge in [0.05, 0.1) is 0 Å². The summed E-state index contributed by atoms with van der Waals surface area (Å²) in [4.78, 5) is 34.8. The Kier molecular flexibility index (Phi) is 6.23. The van der Waals surface area contributed by atoms with Crippen LogP contribution in [0.25, 0.3) is 0 Å². The van der Waals surface area contributed by atoms with Gasteiger partial charge in [0.25, 0.3) is 0 Å². The number of nitrogens with zero attached hydrogens (tertiary/aromatic N) is 1. The van der Waals surface area contributed by atoms with Crippen LogP contribution < -0.4 is 5.32 Å². The Balaban J connectivity index is 4.09. The van der Waals surface area contributed by atoms with Crippen LogP contribution in [-0.4, -0.2) is 47.9 Å². The number of carboxylic acid groups (broad SMARTS) is 1. The SMILES string of the molecule is CC(CC(=O)O)CC(=O)NC(C)C(=O)N(C)C. The van der Waals surface area contributed by atoms with E-state index in [1.165, 1.54) is 4.90 Å². The fraction of sp³-hybridized carbons (Fsp3) is 0.727. The second-order valence-electron chi connectivity index (χ2n) is 4.43. The predicted octanol–water partition coefficient (Wildman–Crippen LogP) is 0.0802. The monoisotopic (exact) mass is 244 g/mol. The van der Waals surface area contributed by atoms with Crippen molar-refractivity contribution < 1.29 is 19.5 Å². The van der Waals surface area contributed by atoms with Crippen LogP contribution in [0.3, 0.4) is 0 Å². The van der Waals surface area contributed by atoms with Gasteiger partial charge in [0.1, 0.15) is 6.04 Å². The van der Waals surface area contributed by atoms with Gasteiger partial charge in [-0.3, -0.25) is 14.4 Å². The van der Waals surface area contributed by atoms with Crippen LogP contribution in [0.4, 0.5) is 0 Å². The minimum atomic E-state index is -0.928. The summed E-state index contributed by atoms with van der Waals surface area (Å²) < 4.78 is 0. The number of carbonyl (C=O) groups excluding carboxylic acids is 2. The van der Waals surface area contributed by atoms with E-state index < -0.39 is 12.0 Å². The van der Waals surface area contributed by atoms with Gasteiger partial charge in [0.2, 0.25) is 11.8 Å². The number of aliphatic carboxylic acids is 1. The molecule has 2 unspecified atom stereocenters. The van der Waals surface area contributed by atoms with Crippen molar-refractivity contribution in [2.24, 2.45) is 5.92 Å². The van der Waals surface area contributed by atoms with Crippen LogP contribution in [0.1, 0.15) is 26.7 Å². The van der Waals surface area contributed by atoms with E-state index in [4.69, 9.17) is 5.11 Å². The summed E-state index contributed by atoms with van der Waals surface area (Å²) in [6, 6.07) is -0.588. The molecule has 2 amide bonds. The first-order chi connectivity index (χ1) is 7.73. The first-order valence-electron chi connectivity index (χ1n) is 5.46. The molecule has 0 aromatic carbocycles. The number of rotatable bonds is 6. The molecule has 17 heavy (non-hydrogen) atoms. The maximum Gasteiger partial charge on any atom is 0.303 e. The second-order valence-corrected chi connectivity index (χ2v) is 4.43. The number of hydrogen-bond acceptors (Lipinski definition) is 3. The van der Waals surface area contributed by atoms with E-state index in [0.717, 1.165) is 0 Å². The van der Waals surface area contributed by atoms with E-state index in [9.17, 15) is 14.4 Å². The lowest BCUT2D eigenvalue weighted by Crippen LogP contribution is -2.44. The molecule has 0 aromatic heterocycles.